The molecule has 3 heterocycles. The largest absolute Gasteiger partial charge is 0.460 e. The van der Waals surface area contributed by atoms with E-state index in [1.807, 2.05) is 30.9 Å². The number of nitrogens with zero attached hydrogens (tertiary/aromatic N) is 2. The van der Waals surface area contributed by atoms with Crippen molar-refractivity contribution in [1.29, 1.82) is 0 Å². The number of hydrogen-bond donors (Lipinski definition) is 2. The van der Waals surface area contributed by atoms with Gasteiger partial charge in [-0.1, -0.05) is 0 Å². The zero-order valence-electron chi connectivity index (χ0n) is 11.6. The number of amides is 1. The van der Waals surface area contributed by atoms with E-state index >= 15 is 0 Å². The predicted molar refractivity (Wildman–Crippen MR) is 74.4 cm³/mol. The van der Waals surface area contributed by atoms with Crippen LogP contribution in [0.1, 0.15) is 23.2 Å². The number of nitrogens with one attached hydrogen (secondary N) is 2. The lowest BCUT2D eigenvalue weighted by Crippen LogP contribution is -2.52. The normalized spacial score (nSPS) is 19.3. The van der Waals surface area contributed by atoms with Crippen molar-refractivity contribution in [2.45, 2.75) is 19.9 Å². The summed E-state index contributed by atoms with van der Waals surface area (Å²) in [6, 6.07) is 5.68. The van der Waals surface area contributed by atoms with Crippen molar-refractivity contribution in [2.24, 2.45) is 0 Å². The number of aromatic nitrogens is 2. The van der Waals surface area contributed by atoms with Gasteiger partial charge in [0.1, 0.15) is 11.5 Å². The highest BCUT2D eigenvalue weighted by Crippen LogP contribution is 2.21. The molecule has 3 rings (SSSR count). The Bertz CT molecular complexity index is 616. The molecule has 2 N–H and O–H groups in total. The van der Waals surface area contributed by atoms with Gasteiger partial charge >= 0.3 is 0 Å². The molecule has 0 saturated carbocycles. The van der Waals surface area contributed by atoms with E-state index in [9.17, 15) is 4.79 Å². The van der Waals surface area contributed by atoms with Gasteiger partial charge in [-0.15, -0.1) is 0 Å². The van der Waals surface area contributed by atoms with Crippen LogP contribution in [0.25, 0.3) is 11.5 Å². The van der Waals surface area contributed by atoms with Crippen molar-refractivity contribution >= 4 is 5.91 Å². The van der Waals surface area contributed by atoms with Crippen LogP contribution < -0.4 is 5.32 Å². The highest BCUT2D eigenvalue weighted by molar-refractivity contribution is 5.93. The molecule has 0 bridgehead atoms. The predicted octanol–water partition coefficient (Wildman–Crippen LogP) is 1.41. The molecule has 2 aromatic heterocycles. The maximum absolute atomic E-state index is 12.4. The number of aryl methyl sites for hydroxylation is 1. The van der Waals surface area contributed by atoms with Crippen molar-refractivity contribution < 1.29 is 9.21 Å². The van der Waals surface area contributed by atoms with E-state index in [1.165, 1.54) is 0 Å². The molecule has 0 spiro atoms. The fourth-order valence-electron chi connectivity index (χ4n) is 2.43. The monoisotopic (exact) mass is 274 g/mol. The van der Waals surface area contributed by atoms with Crippen LogP contribution in [-0.4, -0.2) is 46.7 Å². The third-order valence-electron chi connectivity index (χ3n) is 3.56. The molecular weight excluding hydrogens is 256 g/mol. The Labute approximate surface area is 117 Å². The van der Waals surface area contributed by atoms with Crippen molar-refractivity contribution in [3.8, 4) is 11.5 Å². The van der Waals surface area contributed by atoms with Gasteiger partial charge in [0.15, 0.2) is 11.5 Å². The van der Waals surface area contributed by atoms with Crippen LogP contribution >= 0.6 is 0 Å². The lowest BCUT2D eigenvalue weighted by Gasteiger charge is -2.33. The van der Waals surface area contributed by atoms with Gasteiger partial charge < -0.3 is 14.6 Å². The van der Waals surface area contributed by atoms with Crippen molar-refractivity contribution in [2.75, 3.05) is 19.6 Å². The Morgan fingerprint density at radius 3 is 3.05 bits per heavy atom. The van der Waals surface area contributed by atoms with Crippen molar-refractivity contribution in [3.05, 3.63) is 29.7 Å². The molecular formula is C14H18N4O2. The van der Waals surface area contributed by atoms with E-state index in [0.717, 1.165) is 24.5 Å². The Hall–Kier alpha value is -2.08. The van der Waals surface area contributed by atoms with E-state index in [4.69, 9.17) is 4.42 Å². The number of aromatic amines is 1. The SMILES string of the molecule is Cc1ccc(-c2cc(C(=O)N3CCNCC3C)n[nH]2)o1. The minimum Gasteiger partial charge on any atom is -0.460 e. The number of hydrogen-bond acceptors (Lipinski definition) is 4. The third-order valence-corrected chi connectivity index (χ3v) is 3.56. The summed E-state index contributed by atoms with van der Waals surface area (Å²) in [5.41, 5.74) is 1.16. The molecule has 2 aromatic rings. The smallest absolute Gasteiger partial charge is 0.274 e. The van der Waals surface area contributed by atoms with Gasteiger partial charge in [-0.25, -0.2) is 0 Å². The van der Waals surface area contributed by atoms with Gasteiger partial charge in [-0.2, -0.15) is 5.10 Å². The Kier molecular flexibility index (Phi) is 3.31. The average Bonchev–Trinajstić information content (AvgIpc) is 3.07. The second-order valence-electron chi connectivity index (χ2n) is 5.13. The summed E-state index contributed by atoms with van der Waals surface area (Å²) in [5, 5.41) is 10.2. The minimum absolute atomic E-state index is 0.0372. The highest BCUT2D eigenvalue weighted by Gasteiger charge is 2.26. The fraction of sp³-hybridized carbons (Fsp3) is 0.429. The highest BCUT2D eigenvalue weighted by atomic mass is 16.3. The first kappa shape index (κ1) is 12.9. The van der Waals surface area contributed by atoms with Gasteiger partial charge in [0.2, 0.25) is 0 Å². The van der Waals surface area contributed by atoms with Crippen molar-refractivity contribution in [3.63, 3.8) is 0 Å². The Balaban J connectivity index is 1.81. The topological polar surface area (TPSA) is 74.2 Å². The summed E-state index contributed by atoms with van der Waals surface area (Å²) >= 11 is 0. The molecule has 6 heteroatoms. The number of furan rings is 1. The number of rotatable bonds is 2. The quantitative estimate of drug-likeness (QED) is 0.868. The molecule has 1 aliphatic rings. The summed E-state index contributed by atoms with van der Waals surface area (Å²) in [4.78, 5) is 14.3. The number of H-pyrrole nitrogens is 1. The average molecular weight is 274 g/mol. The summed E-state index contributed by atoms with van der Waals surface area (Å²) in [6.45, 7) is 6.27. The Morgan fingerprint density at radius 1 is 1.50 bits per heavy atom. The zero-order chi connectivity index (χ0) is 14.1. The van der Waals surface area contributed by atoms with Crippen LogP contribution in [0.5, 0.6) is 0 Å². The third kappa shape index (κ3) is 2.34. The maximum Gasteiger partial charge on any atom is 0.274 e. The summed E-state index contributed by atoms with van der Waals surface area (Å²) in [5.74, 6) is 1.49. The van der Waals surface area contributed by atoms with E-state index < -0.39 is 0 Å². The zero-order valence-corrected chi connectivity index (χ0v) is 11.6. The van der Waals surface area contributed by atoms with Crippen LogP contribution in [-0.2, 0) is 0 Å². The van der Waals surface area contributed by atoms with Crippen LogP contribution in [0.4, 0.5) is 0 Å². The van der Waals surface area contributed by atoms with E-state index in [-0.39, 0.29) is 11.9 Å². The molecule has 1 saturated heterocycles. The molecule has 0 radical (unpaired) electrons. The van der Waals surface area contributed by atoms with Crippen molar-refractivity contribution in [1.82, 2.24) is 20.4 Å². The van der Waals surface area contributed by atoms with Crippen LogP contribution in [0, 0.1) is 6.92 Å². The maximum atomic E-state index is 12.4. The second-order valence-corrected chi connectivity index (χ2v) is 5.13. The molecule has 0 aromatic carbocycles. The van der Waals surface area contributed by atoms with Crippen LogP contribution in [0.3, 0.4) is 0 Å². The van der Waals surface area contributed by atoms with Gasteiger partial charge in [0, 0.05) is 31.7 Å². The summed E-state index contributed by atoms with van der Waals surface area (Å²) in [7, 11) is 0. The number of piperazine rings is 1. The van der Waals surface area contributed by atoms with Gasteiger partial charge in [-0.05, 0) is 26.0 Å². The first-order valence-corrected chi connectivity index (χ1v) is 6.79. The van der Waals surface area contributed by atoms with E-state index in [1.54, 1.807) is 6.07 Å². The first-order valence-electron chi connectivity index (χ1n) is 6.79. The van der Waals surface area contributed by atoms with Gasteiger partial charge in [-0.3, -0.25) is 9.89 Å². The summed E-state index contributed by atoms with van der Waals surface area (Å²) in [6.07, 6.45) is 0. The summed E-state index contributed by atoms with van der Waals surface area (Å²) < 4.78 is 5.52. The van der Waals surface area contributed by atoms with Crippen LogP contribution in [0.2, 0.25) is 0 Å². The van der Waals surface area contributed by atoms with E-state index in [0.29, 0.717) is 18.0 Å². The van der Waals surface area contributed by atoms with Gasteiger partial charge in [0.25, 0.3) is 5.91 Å². The molecule has 106 valence electrons. The molecule has 1 fully saturated rings. The molecule has 1 unspecified atom stereocenters. The van der Waals surface area contributed by atoms with E-state index in [2.05, 4.69) is 15.5 Å². The van der Waals surface area contributed by atoms with Gasteiger partial charge in [0.05, 0.1) is 0 Å². The lowest BCUT2D eigenvalue weighted by atomic mass is 10.2. The lowest BCUT2D eigenvalue weighted by molar-refractivity contribution is 0.0649. The Morgan fingerprint density at radius 2 is 2.35 bits per heavy atom. The number of carbonyl (C=O) groups is 1. The molecule has 6 nitrogen and oxygen atoms in total. The number of carbonyl (C=O) groups excluding carboxylic acids is 1. The molecule has 20 heavy (non-hydrogen) atoms. The molecule has 1 aliphatic heterocycles. The minimum atomic E-state index is -0.0372. The molecule has 1 atom stereocenters. The molecule has 0 aliphatic carbocycles. The van der Waals surface area contributed by atoms with Crippen LogP contribution in [0.15, 0.2) is 22.6 Å². The standard InChI is InChI=1S/C14H18N4O2/c1-9-8-15-5-6-18(9)14(19)12-7-11(16-17-12)13-4-3-10(2)20-13/h3-4,7,9,15H,5-6,8H2,1-2H3,(H,16,17). The molecule has 1 amide bonds. The first-order chi connectivity index (χ1) is 9.65. The fourth-order valence-corrected chi connectivity index (χ4v) is 2.43. The second kappa shape index (κ2) is 5.13.